The van der Waals surface area contributed by atoms with Crippen molar-refractivity contribution in [3.63, 3.8) is 0 Å². The predicted octanol–water partition coefficient (Wildman–Crippen LogP) is 6.07. The van der Waals surface area contributed by atoms with Gasteiger partial charge in [-0.25, -0.2) is 0 Å². The van der Waals surface area contributed by atoms with Crippen molar-refractivity contribution >= 4 is 5.69 Å². The Bertz CT molecular complexity index is 815. The summed E-state index contributed by atoms with van der Waals surface area (Å²) in [5, 5.41) is 0. The number of piperazine rings is 1. The Balaban J connectivity index is 0.000000628. The van der Waals surface area contributed by atoms with Gasteiger partial charge in [0.1, 0.15) is 5.75 Å². The maximum absolute atomic E-state index is 5.28. The minimum atomic E-state index is 0.652. The lowest BCUT2D eigenvalue weighted by Crippen LogP contribution is -2.50. The number of hydrogen-bond donors (Lipinski definition) is 0. The van der Waals surface area contributed by atoms with Crippen molar-refractivity contribution in [3.8, 4) is 5.75 Å². The Morgan fingerprint density at radius 2 is 1.68 bits per heavy atom. The number of benzene rings is 2. The van der Waals surface area contributed by atoms with E-state index in [-0.39, 0.29) is 0 Å². The molecule has 166 valence electrons. The molecular formula is C28H38N2O. The summed E-state index contributed by atoms with van der Waals surface area (Å²) in [6, 6.07) is 18.2. The molecule has 1 aliphatic carbocycles. The zero-order chi connectivity index (χ0) is 22.1. The fourth-order valence-corrected chi connectivity index (χ4v) is 4.87. The third kappa shape index (κ3) is 6.24. The first-order chi connectivity index (χ1) is 15.2. The Kier molecular flexibility index (Phi) is 8.78. The third-order valence-corrected chi connectivity index (χ3v) is 6.66. The van der Waals surface area contributed by atoms with Gasteiger partial charge < -0.3 is 9.64 Å². The van der Waals surface area contributed by atoms with Crippen LogP contribution in [0.25, 0.3) is 0 Å². The molecule has 3 nitrogen and oxygen atoms in total. The SMILES string of the molecule is C=CC=C.COc1ccc(N2CCN(C(C)CC3CCCc4ccccc43)CC2)cc1. The number of nitrogens with zero attached hydrogens (tertiary/aromatic N) is 2. The van der Waals surface area contributed by atoms with Crippen LogP contribution in [-0.4, -0.2) is 44.2 Å². The van der Waals surface area contributed by atoms with E-state index in [9.17, 15) is 0 Å². The third-order valence-electron chi connectivity index (χ3n) is 6.66. The zero-order valence-electron chi connectivity index (χ0n) is 19.3. The van der Waals surface area contributed by atoms with Crippen molar-refractivity contribution in [3.05, 3.63) is 85.0 Å². The quantitative estimate of drug-likeness (QED) is 0.529. The molecule has 0 radical (unpaired) electrons. The number of methoxy groups -OCH3 is 1. The summed E-state index contributed by atoms with van der Waals surface area (Å²) in [6.07, 6.45) is 8.54. The number of allylic oxidation sites excluding steroid dienone is 2. The highest BCUT2D eigenvalue weighted by molar-refractivity contribution is 5.49. The fourth-order valence-electron chi connectivity index (χ4n) is 4.87. The van der Waals surface area contributed by atoms with Crippen molar-refractivity contribution in [2.75, 3.05) is 38.2 Å². The summed E-state index contributed by atoms with van der Waals surface area (Å²) in [5.74, 6) is 1.67. The summed E-state index contributed by atoms with van der Waals surface area (Å²) >= 11 is 0. The van der Waals surface area contributed by atoms with Gasteiger partial charge in [0, 0.05) is 37.9 Å². The molecule has 0 amide bonds. The molecule has 1 fully saturated rings. The molecule has 0 saturated carbocycles. The van der Waals surface area contributed by atoms with Gasteiger partial charge in [-0.15, -0.1) is 0 Å². The van der Waals surface area contributed by atoms with Crippen LogP contribution >= 0.6 is 0 Å². The van der Waals surface area contributed by atoms with Gasteiger partial charge in [0.05, 0.1) is 7.11 Å². The van der Waals surface area contributed by atoms with Crippen LogP contribution in [0.2, 0.25) is 0 Å². The van der Waals surface area contributed by atoms with Gasteiger partial charge in [0.15, 0.2) is 0 Å². The molecule has 2 atom stereocenters. The molecule has 2 aliphatic rings. The number of aryl methyl sites for hydroxylation is 1. The second-order valence-corrected chi connectivity index (χ2v) is 8.57. The van der Waals surface area contributed by atoms with Gasteiger partial charge in [-0.05, 0) is 73.9 Å². The number of anilines is 1. The van der Waals surface area contributed by atoms with Crippen LogP contribution in [0.15, 0.2) is 73.8 Å². The highest BCUT2D eigenvalue weighted by Crippen LogP contribution is 2.35. The Morgan fingerprint density at radius 1 is 1.00 bits per heavy atom. The van der Waals surface area contributed by atoms with Crippen molar-refractivity contribution in [2.45, 2.75) is 44.6 Å². The molecule has 0 spiro atoms. The maximum Gasteiger partial charge on any atom is 0.119 e. The van der Waals surface area contributed by atoms with Crippen LogP contribution in [-0.2, 0) is 6.42 Å². The summed E-state index contributed by atoms with van der Waals surface area (Å²) in [7, 11) is 1.72. The Hall–Kier alpha value is -2.52. The van der Waals surface area contributed by atoms with Crippen molar-refractivity contribution in [1.29, 1.82) is 0 Å². The van der Waals surface area contributed by atoms with Gasteiger partial charge in [-0.3, -0.25) is 4.90 Å². The van der Waals surface area contributed by atoms with Gasteiger partial charge in [-0.1, -0.05) is 49.6 Å². The maximum atomic E-state index is 5.28. The van der Waals surface area contributed by atoms with Gasteiger partial charge >= 0.3 is 0 Å². The van der Waals surface area contributed by atoms with Crippen LogP contribution in [0.4, 0.5) is 5.69 Å². The minimum absolute atomic E-state index is 0.652. The topological polar surface area (TPSA) is 15.7 Å². The lowest BCUT2D eigenvalue weighted by molar-refractivity contribution is 0.178. The van der Waals surface area contributed by atoms with E-state index in [4.69, 9.17) is 4.74 Å². The molecule has 2 aromatic rings. The summed E-state index contributed by atoms with van der Waals surface area (Å²) < 4.78 is 5.28. The predicted molar refractivity (Wildman–Crippen MR) is 133 cm³/mol. The van der Waals surface area contributed by atoms with Crippen LogP contribution in [0, 0.1) is 0 Å². The summed E-state index contributed by atoms with van der Waals surface area (Å²) in [6.45, 7) is 13.7. The van der Waals surface area contributed by atoms with Crippen molar-refractivity contribution in [2.24, 2.45) is 0 Å². The van der Waals surface area contributed by atoms with E-state index in [1.54, 1.807) is 30.4 Å². The second-order valence-electron chi connectivity index (χ2n) is 8.57. The largest absolute Gasteiger partial charge is 0.497 e. The smallest absolute Gasteiger partial charge is 0.119 e. The van der Waals surface area contributed by atoms with Crippen LogP contribution < -0.4 is 9.64 Å². The molecule has 0 N–H and O–H groups in total. The van der Waals surface area contributed by atoms with E-state index in [0.29, 0.717) is 6.04 Å². The molecule has 0 aromatic heterocycles. The molecule has 31 heavy (non-hydrogen) atoms. The highest BCUT2D eigenvalue weighted by atomic mass is 16.5. The minimum Gasteiger partial charge on any atom is -0.497 e. The summed E-state index contributed by atoms with van der Waals surface area (Å²) in [5.41, 5.74) is 4.52. The summed E-state index contributed by atoms with van der Waals surface area (Å²) in [4.78, 5) is 5.19. The van der Waals surface area contributed by atoms with E-state index in [0.717, 1.165) is 37.8 Å². The van der Waals surface area contributed by atoms with E-state index >= 15 is 0 Å². The molecule has 0 bridgehead atoms. The van der Waals surface area contributed by atoms with E-state index in [1.807, 2.05) is 0 Å². The van der Waals surface area contributed by atoms with Gasteiger partial charge in [0.2, 0.25) is 0 Å². The van der Waals surface area contributed by atoms with Crippen molar-refractivity contribution < 1.29 is 4.74 Å². The van der Waals surface area contributed by atoms with Crippen LogP contribution in [0.3, 0.4) is 0 Å². The first kappa shape index (κ1) is 23.1. The van der Waals surface area contributed by atoms with Crippen molar-refractivity contribution in [1.82, 2.24) is 4.90 Å². The number of fused-ring (bicyclic) bond motifs is 1. The Morgan fingerprint density at radius 3 is 2.32 bits per heavy atom. The monoisotopic (exact) mass is 418 g/mol. The lowest BCUT2D eigenvalue weighted by Gasteiger charge is -2.40. The number of hydrogen-bond acceptors (Lipinski definition) is 3. The van der Waals surface area contributed by atoms with Gasteiger partial charge in [-0.2, -0.15) is 0 Å². The lowest BCUT2D eigenvalue weighted by atomic mass is 9.79. The molecule has 1 aliphatic heterocycles. The molecule has 1 heterocycles. The molecular weight excluding hydrogens is 380 g/mol. The highest BCUT2D eigenvalue weighted by Gasteiger charge is 2.26. The molecule has 3 heteroatoms. The molecule has 4 rings (SSSR count). The van der Waals surface area contributed by atoms with E-state index in [1.165, 1.54) is 31.4 Å². The van der Waals surface area contributed by atoms with Crippen LogP contribution in [0.1, 0.15) is 43.2 Å². The first-order valence-corrected chi connectivity index (χ1v) is 11.6. The average molecular weight is 419 g/mol. The number of rotatable bonds is 6. The van der Waals surface area contributed by atoms with Crippen LogP contribution in [0.5, 0.6) is 5.75 Å². The second kappa shape index (κ2) is 11.8. The zero-order valence-corrected chi connectivity index (χ0v) is 19.3. The molecule has 2 unspecified atom stereocenters. The van der Waals surface area contributed by atoms with Gasteiger partial charge in [0.25, 0.3) is 0 Å². The molecule has 2 aromatic carbocycles. The standard InChI is InChI=1S/C24H32N2O.C4H6/c1-19(18-21-8-5-7-20-6-3-4-9-24(20)21)25-14-16-26(17-15-25)22-10-12-23(27-2)13-11-22;1-3-4-2/h3-4,6,9-13,19,21H,5,7-8,14-18H2,1-2H3;3-4H,1-2H2. The van der Waals surface area contributed by atoms with E-state index in [2.05, 4.69) is 78.4 Å². The first-order valence-electron chi connectivity index (χ1n) is 11.6. The fraction of sp³-hybridized carbons (Fsp3) is 0.429. The molecule has 1 saturated heterocycles. The Labute approximate surface area is 189 Å². The number of ether oxygens (including phenoxy) is 1. The normalized spacial score (nSPS) is 19.4. The van der Waals surface area contributed by atoms with E-state index < -0.39 is 0 Å². The average Bonchev–Trinajstić information content (AvgIpc) is 2.84.